The minimum atomic E-state index is 0.147. The van der Waals surface area contributed by atoms with Crippen molar-refractivity contribution in [3.63, 3.8) is 0 Å². The van der Waals surface area contributed by atoms with E-state index in [1.54, 1.807) is 20.9 Å². The van der Waals surface area contributed by atoms with Crippen LogP contribution in [0.4, 0.5) is 0 Å². The lowest BCUT2D eigenvalue weighted by atomic mass is 10.3. The van der Waals surface area contributed by atoms with Gasteiger partial charge in [0.2, 0.25) is 11.8 Å². The van der Waals surface area contributed by atoms with E-state index in [1.807, 2.05) is 25.2 Å². The molecule has 0 radical (unpaired) electrons. The Morgan fingerprint density at radius 2 is 2.23 bits per heavy atom. The van der Waals surface area contributed by atoms with Crippen LogP contribution in [0.5, 0.6) is 0 Å². The van der Waals surface area contributed by atoms with Crippen molar-refractivity contribution >= 4 is 39.7 Å². The number of thiazole rings is 1. The number of fused-ring (bicyclic) bond motifs is 1. The Morgan fingerprint density at radius 1 is 1.38 bits per heavy atom. The number of nitrogens with zero attached hydrogens (tertiary/aromatic N) is 5. The summed E-state index contributed by atoms with van der Waals surface area (Å²) in [5.74, 6) is 0.632. The van der Waals surface area contributed by atoms with Gasteiger partial charge in [-0.3, -0.25) is 9.69 Å². The number of benzene rings is 1. The molecule has 136 valence electrons. The predicted molar refractivity (Wildman–Crippen MR) is 101 cm³/mol. The molecule has 1 fully saturated rings. The highest BCUT2D eigenvalue weighted by molar-refractivity contribution is 7.71. The number of para-hydroxylation sites is 1. The minimum absolute atomic E-state index is 0.147. The molecule has 0 aliphatic carbocycles. The van der Waals surface area contributed by atoms with E-state index in [1.165, 1.54) is 4.70 Å². The average molecular weight is 390 g/mol. The molecule has 0 bridgehead atoms. The zero-order chi connectivity index (χ0) is 18.1. The molecule has 9 heteroatoms. The van der Waals surface area contributed by atoms with E-state index in [9.17, 15) is 4.79 Å². The van der Waals surface area contributed by atoms with Crippen molar-refractivity contribution < 1.29 is 9.21 Å². The molecular formula is C17H19N5O2S2. The molecule has 1 aromatic carbocycles. The molecule has 1 saturated heterocycles. The van der Waals surface area contributed by atoms with E-state index in [4.69, 9.17) is 16.6 Å². The SMILES string of the molecule is CN(Cc1nc2ccccc2s1)Cn1nc(CN2CCCC2=O)oc1=S. The Kier molecular flexibility index (Phi) is 4.84. The maximum absolute atomic E-state index is 11.7. The third-order valence-corrected chi connectivity index (χ3v) is 5.58. The van der Waals surface area contributed by atoms with Gasteiger partial charge in [0.15, 0.2) is 0 Å². The first kappa shape index (κ1) is 17.3. The fraction of sp³-hybridized carbons (Fsp3) is 0.412. The largest absolute Gasteiger partial charge is 0.412 e. The van der Waals surface area contributed by atoms with Gasteiger partial charge in [-0.05, 0) is 37.8 Å². The van der Waals surface area contributed by atoms with Crippen LogP contribution in [0.2, 0.25) is 0 Å². The summed E-state index contributed by atoms with van der Waals surface area (Å²) in [5.41, 5.74) is 1.02. The maximum Gasteiger partial charge on any atom is 0.288 e. The second kappa shape index (κ2) is 7.26. The highest BCUT2D eigenvalue weighted by Crippen LogP contribution is 2.22. The van der Waals surface area contributed by atoms with Crippen molar-refractivity contribution in [1.82, 2.24) is 24.6 Å². The second-order valence-electron chi connectivity index (χ2n) is 6.41. The Labute approximate surface area is 159 Å². The van der Waals surface area contributed by atoms with Crippen molar-refractivity contribution in [2.24, 2.45) is 0 Å². The molecule has 26 heavy (non-hydrogen) atoms. The third kappa shape index (κ3) is 3.69. The molecule has 3 aromatic rings. The summed E-state index contributed by atoms with van der Waals surface area (Å²) in [4.78, 5) is 20.6. The molecule has 3 heterocycles. The Hall–Kier alpha value is -2.10. The smallest absolute Gasteiger partial charge is 0.288 e. The Morgan fingerprint density at radius 3 is 3.00 bits per heavy atom. The van der Waals surface area contributed by atoms with Crippen molar-refractivity contribution in [2.75, 3.05) is 13.6 Å². The van der Waals surface area contributed by atoms with E-state index in [-0.39, 0.29) is 5.91 Å². The molecule has 0 unspecified atom stereocenters. The lowest BCUT2D eigenvalue weighted by Gasteiger charge is -2.14. The average Bonchev–Trinajstić information content (AvgIpc) is 3.28. The normalized spacial score (nSPS) is 14.8. The summed E-state index contributed by atoms with van der Waals surface area (Å²) in [7, 11) is 1.99. The number of hydrogen-bond donors (Lipinski definition) is 0. The van der Waals surface area contributed by atoms with Gasteiger partial charge in [-0.15, -0.1) is 16.4 Å². The number of rotatable bonds is 6. The fourth-order valence-electron chi connectivity index (χ4n) is 3.03. The van der Waals surface area contributed by atoms with Gasteiger partial charge in [-0.2, -0.15) is 0 Å². The highest BCUT2D eigenvalue weighted by Gasteiger charge is 2.22. The van der Waals surface area contributed by atoms with Crippen LogP contribution in [0.15, 0.2) is 28.7 Å². The second-order valence-corrected chi connectivity index (χ2v) is 7.88. The topological polar surface area (TPSA) is 67.4 Å². The molecule has 0 atom stereocenters. The van der Waals surface area contributed by atoms with Gasteiger partial charge in [-0.1, -0.05) is 12.1 Å². The summed E-state index contributed by atoms with van der Waals surface area (Å²) >= 11 is 6.96. The Bertz CT molecular complexity index is 959. The van der Waals surface area contributed by atoms with Crippen molar-refractivity contribution in [1.29, 1.82) is 0 Å². The molecule has 1 aliphatic heterocycles. The first-order valence-corrected chi connectivity index (χ1v) is 9.68. The summed E-state index contributed by atoms with van der Waals surface area (Å²) in [6, 6.07) is 8.12. The quantitative estimate of drug-likeness (QED) is 0.604. The van der Waals surface area contributed by atoms with Gasteiger partial charge in [0.05, 0.1) is 30.0 Å². The predicted octanol–water partition coefficient (Wildman–Crippen LogP) is 3.03. The van der Waals surface area contributed by atoms with Crippen molar-refractivity contribution in [3.8, 4) is 0 Å². The van der Waals surface area contributed by atoms with E-state index < -0.39 is 0 Å². The summed E-state index contributed by atoms with van der Waals surface area (Å²) in [6.07, 6.45) is 1.50. The van der Waals surface area contributed by atoms with Crippen LogP contribution in [0.25, 0.3) is 10.2 Å². The third-order valence-electron chi connectivity index (χ3n) is 4.26. The molecule has 7 nitrogen and oxygen atoms in total. The van der Waals surface area contributed by atoms with Crippen molar-refractivity contribution in [2.45, 2.75) is 32.6 Å². The van der Waals surface area contributed by atoms with Gasteiger partial charge in [0.1, 0.15) is 5.01 Å². The number of amides is 1. The number of carbonyl (C=O) groups is 1. The zero-order valence-electron chi connectivity index (χ0n) is 14.4. The van der Waals surface area contributed by atoms with Crippen LogP contribution in [0.1, 0.15) is 23.7 Å². The zero-order valence-corrected chi connectivity index (χ0v) is 16.1. The number of hydrogen-bond acceptors (Lipinski definition) is 7. The monoisotopic (exact) mass is 389 g/mol. The molecule has 2 aromatic heterocycles. The van der Waals surface area contributed by atoms with Crippen LogP contribution < -0.4 is 0 Å². The number of likely N-dealkylation sites (tertiary alicyclic amines) is 1. The van der Waals surface area contributed by atoms with Crippen molar-refractivity contribution in [3.05, 3.63) is 40.0 Å². The highest BCUT2D eigenvalue weighted by atomic mass is 32.1. The fourth-order valence-corrected chi connectivity index (χ4v) is 4.28. The van der Waals surface area contributed by atoms with Crippen LogP contribution in [0, 0.1) is 4.84 Å². The minimum Gasteiger partial charge on any atom is -0.412 e. The first-order chi connectivity index (χ1) is 12.6. The Balaban J connectivity index is 1.41. The van der Waals surface area contributed by atoms with Gasteiger partial charge >= 0.3 is 0 Å². The molecule has 0 spiro atoms. The van der Waals surface area contributed by atoms with Gasteiger partial charge in [0.25, 0.3) is 4.84 Å². The molecule has 4 rings (SSSR count). The van der Waals surface area contributed by atoms with Crippen LogP contribution >= 0.6 is 23.6 Å². The van der Waals surface area contributed by atoms with Crippen LogP contribution in [-0.2, 0) is 24.6 Å². The number of aromatic nitrogens is 3. The van der Waals surface area contributed by atoms with E-state index in [2.05, 4.69) is 21.0 Å². The summed E-state index contributed by atoms with van der Waals surface area (Å²) < 4.78 is 8.40. The molecule has 1 aliphatic rings. The van der Waals surface area contributed by atoms with Gasteiger partial charge in [0, 0.05) is 13.0 Å². The summed E-state index contributed by atoms with van der Waals surface area (Å²) in [5, 5.41) is 5.47. The van der Waals surface area contributed by atoms with Gasteiger partial charge in [-0.25, -0.2) is 9.67 Å². The number of carbonyl (C=O) groups excluding carboxylic acids is 1. The molecule has 1 amide bonds. The molecular weight excluding hydrogens is 370 g/mol. The lowest BCUT2D eigenvalue weighted by molar-refractivity contribution is -0.128. The van der Waals surface area contributed by atoms with E-state index in [0.717, 1.165) is 23.5 Å². The van der Waals surface area contributed by atoms with Crippen LogP contribution in [-0.4, -0.2) is 44.1 Å². The molecule has 0 saturated carbocycles. The van der Waals surface area contributed by atoms with E-state index >= 15 is 0 Å². The lowest BCUT2D eigenvalue weighted by Crippen LogP contribution is -2.25. The van der Waals surface area contributed by atoms with Crippen LogP contribution in [0.3, 0.4) is 0 Å². The maximum atomic E-state index is 11.7. The summed E-state index contributed by atoms with van der Waals surface area (Å²) in [6.45, 7) is 2.35. The molecule has 0 N–H and O–H groups in total. The standard InChI is InChI=1S/C17H19N5O2S2/c1-20(10-15-18-12-5-2-3-6-13(12)26-15)11-22-17(25)24-14(19-22)9-21-8-4-7-16(21)23/h2-3,5-6H,4,7-11H2,1H3. The first-order valence-electron chi connectivity index (χ1n) is 8.46. The van der Waals surface area contributed by atoms with Gasteiger partial charge < -0.3 is 9.32 Å². The van der Waals surface area contributed by atoms with E-state index in [0.29, 0.717) is 36.9 Å².